The van der Waals surface area contributed by atoms with Crippen molar-refractivity contribution in [2.75, 3.05) is 19.4 Å². The van der Waals surface area contributed by atoms with Crippen LogP contribution in [0.1, 0.15) is 28.4 Å². The molecule has 0 heterocycles. The van der Waals surface area contributed by atoms with E-state index >= 15 is 0 Å². The lowest BCUT2D eigenvalue weighted by molar-refractivity contribution is -0.112. The van der Waals surface area contributed by atoms with Crippen molar-refractivity contribution in [3.05, 3.63) is 70.8 Å². The number of benzene rings is 2. The number of rotatable bonds is 5. The van der Waals surface area contributed by atoms with Gasteiger partial charge in [0.2, 0.25) is 0 Å². The molecule has 132 valence electrons. The maximum Gasteiger partial charge on any atom is 0.266 e. The van der Waals surface area contributed by atoms with Gasteiger partial charge in [-0.3, -0.25) is 9.59 Å². The van der Waals surface area contributed by atoms with Crippen molar-refractivity contribution in [1.82, 2.24) is 4.90 Å². The lowest BCUT2D eigenvalue weighted by atomic mass is 10.1. The molecule has 0 saturated carbocycles. The Morgan fingerprint density at radius 2 is 1.69 bits per heavy atom. The summed E-state index contributed by atoms with van der Waals surface area (Å²) >= 11 is 0. The number of amides is 2. The molecule has 5 heteroatoms. The first-order valence-electron chi connectivity index (χ1n) is 8.28. The molecular weight excluding hydrogens is 326 g/mol. The van der Waals surface area contributed by atoms with E-state index in [0.717, 1.165) is 12.0 Å². The average molecular weight is 347 g/mol. The fourth-order valence-electron chi connectivity index (χ4n) is 2.32. The highest BCUT2D eigenvalue weighted by atomic mass is 16.2. The van der Waals surface area contributed by atoms with Crippen LogP contribution in [0.3, 0.4) is 0 Å². The third-order valence-corrected chi connectivity index (χ3v) is 3.86. The van der Waals surface area contributed by atoms with E-state index in [1.807, 2.05) is 30.3 Å². The van der Waals surface area contributed by atoms with E-state index in [1.165, 1.54) is 10.5 Å². The molecule has 0 fully saturated rings. The number of nitrogens with zero attached hydrogens (tertiary/aromatic N) is 2. The average Bonchev–Trinajstić information content (AvgIpc) is 2.66. The van der Waals surface area contributed by atoms with Crippen LogP contribution in [0.4, 0.5) is 5.69 Å². The molecule has 0 saturated heterocycles. The lowest BCUT2D eigenvalue weighted by Crippen LogP contribution is -2.21. The molecule has 2 aromatic carbocycles. The minimum atomic E-state index is -0.487. The Kier molecular flexibility index (Phi) is 6.29. The molecule has 0 atom stereocenters. The SMILES string of the molecule is CCc1ccc(/C=C(\C#N)C(=O)Nc2ccc(C(=O)N(C)C)cc2)cc1. The van der Waals surface area contributed by atoms with Gasteiger partial charge in [0.1, 0.15) is 11.6 Å². The summed E-state index contributed by atoms with van der Waals surface area (Å²) in [5, 5.41) is 12.0. The van der Waals surface area contributed by atoms with Crippen molar-refractivity contribution in [2.24, 2.45) is 0 Å². The van der Waals surface area contributed by atoms with Gasteiger partial charge in [0.15, 0.2) is 0 Å². The third kappa shape index (κ3) is 4.81. The van der Waals surface area contributed by atoms with Crippen molar-refractivity contribution in [1.29, 1.82) is 5.26 Å². The molecule has 1 N–H and O–H groups in total. The Bertz CT molecular complexity index is 858. The van der Waals surface area contributed by atoms with E-state index < -0.39 is 5.91 Å². The largest absolute Gasteiger partial charge is 0.345 e. The highest BCUT2D eigenvalue weighted by Gasteiger charge is 2.11. The number of nitriles is 1. The maximum atomic E-state index is 12.3. The fourth-order valence-corrected chi connectivity index (χ4v) is 2.32. The van der Waals surface area contributed by atoms with Gasteiger partial charge in [-0.25, -0.2) is 0 Å². The number of nitrogens with one attached hydrogen (secondary N) is 1. The van der Waals surface area contributed by atoms with Crippen molar-refractivity contribution in [2.45, 2.75) is 13.3 Å². The first-order chi connectivity index (χ1) is 12.4. The van der Waals surface area contributed by atoms with Crippen LogP contribution in [0.2, 0.25) is 0 Å². The van der Waals surface area contributed by atoms with Crippen LogP contribution in [-0.2, 0) is 11.2 Å². The van der Waals surface area contributed by atoms with E-state index in [9.17, 15) is 14.9 Å². The molecule has 0 bridgehead atoms. The molecule has 2 aromatic rings. The summed E-state index contributed by atoms with van der Waals surface area (Å²) in [5.41, 5.74) is 3.05. The van der Waals surface area contributed by atoms with Crippen LogP contribution >= 0.6 is 0 Å². The van der Waals surface area contributed by atoms with E-state index in [1.54, 1.807) is 44.4 Å². The van der Waals surface area contributed by atoms with E-state index in [2.05, 4.69) is 12.2 Å². The van der Waals surface area contributed by atoms with Crippen LogP contribution in [-0.4, -0.2) is 30.8 Å². The van der Waals surface area contributed by atoms with E-state index in [0.29, 0.717) is 11.3 Å². The van der Waals surface area contributed by atoms with E-state index in [4.69, 9.17) is 0 Å². The highest BCUT2D eigenvalue weighted by Crippen LogP contribution is 2.14. The highest BCUT2D eigenvalue weighted by molar-refractivity contribution is 6.09. The number of aryl methyl sites for hydroxylation is 1. The quantitative estimate of drug-likeness (QED) is 0.664. The van der Waals surface area contributed by atoms with Gasteiger partial charge in [-0.2, -0.15) is 5.26 Å². The second-order valence-corrected chi connectivity index (χ2v) is 6.00. The molecule has 0 aromatic heterocycles. The summed E-state index contributed by atoms with van der Waals surface area (Å²) in [7, 11) is 3.35. The first kappa shape index (κ1) is 18.9. The number of hydrogen-bond acceptors (Lipinski definition) is 3. The molecule has 0 aliphatic carbocycles. The van der Waals surface area contributed by atoms with E-state index in [-0.39, 0.29) is 11.5 Å². The van der Waals surface area contributed by atoms with Gasteiger partial charge in [-0.15, -0.1) is 0 Å². The number of hydrogen-bond donors (Lipinski definition) is 1. The predicted octanol–water partition coefficient (Wildman–Crippen LogP) is 3.50. The minimum absolute atomic E-state index is 0.0164. The summed E-state index contributed by atoms with van der Waals surface area (Å²) in [5.74, 6) is -0.602. The molecule has 2 amide bonds. The van der Waals surface area contributed by atoms with Gasteiger partial charge in [0.25, 0.3) is 11.8 Å². The maximum absolute atomic E-state index is 12.3. The van der Waals surface area contributed by atoms with Crippen LogP contribution < -0.4 is 5.32 Å². The van der Waals surface area contributed by atoms with Gasteiger partial charge >= 0.3 is 0 Å². The Labute approximate surface area is 153 Å². The Morgan fingerprint density at radius 1 is 1.08 bits per heavy atom. The summed E-state index contributed by atoms with van der Waals surface area (Å²) in [6.07, 6.45) is 2.49. The Hall–Kier alpha value is -3.39. The predicted molar refractivity (Wildman–Crippen MR) is 102 cm³/mol. The van der Waals surface area contributed by atoms with Crippen LogP contribution in [0.5, 0.6) is 0 Å². The Morgan fingerprint density at radius 3 is 2.19 bits per heavy atom. The van der Waals surface area contributed by atoms with Crippen LogP contribution in [0.25, 0.3) is 6.08 Å². The number of carbonyl (C=O) groups excluding carboxylic acids is 2. The van der Waals surface area contributed by atoms with Gasteiger partial charge < -0.3 is 10.2 Å². The summed E-state index contributed by atoms with van der Waals surface area (Å²) < 4.78 is 0. The van der Waals surface area contributed by atoms with Gasteiger partial charge in [-0.05, 0) is 47.9 Å². The normalized spacial score (nSPS) is 10.8. The minimum Gasteiger partial charge on any atom is -0.345 e. The summed E-state index contributed by atoms with van der Waals surface area (Å²) in [6.45, 7) is 2.07. The standard InChI is InChI=1S/C21H21N3O2/c1-4-15-5-7-16(8-6-15)13-18(14-22)20(25)23-19-11-9-17(10-12-19)21(26)24(2)3/h5-13H,4H2,1-3H3,(H,23,25)/b18-13+. The van der Waals surface area contributed by atoms with Crippen molar-refractivity contribution < 1.29 is 9.59 Å². The molecule has 2 rings (SSSR count). The molecule has 26 heavy (non-hydrogen) atoms. The summed E-state index contributed by atoms with van der Waals surface area (Å²) in [4.78, 5) is 25.7. The smallest absolute Gasteiger partial charge is 0.266 e. The van der Waals surface area contributed by atoms with Crippen molar-refractivity contribution in [3.8, 4) is 6.07 Å². The van der Waals surface area contributed by atoms with Gasteiger partial charge in [-0.1, -0.05) is 31.2 Å². The first-order valence-corrected chi connectivity index (χ1v) is 8.28. The molecule has 0 aliphatic rings. The molecule has 0 unspecified atom stereocenters. The molecular formula is C21H21N3O2. The third-order valence-electron chi connectivity index (χ3n) is 3.86. The van der Waals surface area contributed by atoms with Gasteiger partial charge in [0.05, 0.1) is 0 Å². The molecule has 5 nitrogen and oxygen atoms in total. The lowest BCUT2D eigenvalue weighted by Gasteiger charge is -2.11. The number of carbonyl (C=O) groups is 2. The van der Waals surface area contributed by atoms with Gasteiger partial charge in [0, 0.05) is 25.3 Å². The summed E-state index contributed by atoms with van der Waals surface area (Å²) in [6, 6.07) is 16.2. The second-order valence-electron chi connectivity index (χ2n) is 6.00. The zero-order chi connectivity index (χ0) is 19.1. The second kappa shape index (κ2) is 8.63. The number of anilines is 1. The molecule has 0 spiro atoms. The topological polar surface area (TPSA) is 73.2 Å². The van der Waals surface area contributed by atoms with Crippen molar-refractivity contribution in [3.63, 3.8) is 0 Å². The zero-order valence-electron chi connectivity index (χ0n) is 15.1. The zero-order valence-corrected chi connectivity index (χ0v) is 15.1. The molecule has 0 radical (unpaired) electrons. The fraction of sp³-hybridized carbons (Fsp3) is 0.190. The monoisotopic (exact) mass is 347 g/mol. The molecule has 0 aliphatic heterocycles. The van der Waals surface area contributed by atoms with Crippen LogP contribution in [0.15, 0.2) is 54.1 Å². The van der Waals surface area contributed by atoms with Crippen LogP contribution in [0, 0.1) is 11.3 Å². The Balaban J connectivity index is 2.12. The van der Waals surface area contributed by atoms with Crippen molar-refractivity contribution >= 4 is 23.6 Å².